The minimum Gasteiger partial charge on any atom is -0.479 e. The Balaban J connectivity index is 2.66. The zero-order valence-electron chi connectivity index (χ0n) is 10.1. The Morgan fingerprint density at radius 1 is 1.25 bits per heavy atom. The zero-order chi connectivity index (χ0) is 15.1. The van der Waals surface area contributed by atoms with Gasteiger partial charge in [-0.05, 0) is 18.2 Å². The van der Waals surface area contributed by atoms with Crippen molar-refractivity contribution in [2.75, 3.05) is 11.9 Å². The minimum atomic E-state index is -1.70. The van der Waals surface area contributed by atoms with Crippen LogP contribution in [0.2, 0.25) is 0 Å². The van der Waals surface area contributed by atoms with Crippen molar-refractivity contribution in [1.82, 2.24) is 5.32 Å². The highest BCUT2D eigenvalue weighted by Crippen LogP contribution is 2.14. The van der Waals surface area contributed by atoms with E-state index in [4.69, 9.17) is 20.7 Å². The number of carbonyl (C=O) groups excluding carboxylic acids is 1. The number of hydrogen-bond donors (Lipinski definition) is 4. The van der Waals surface area contributed by atoms with E-state index in [1.165, 1.54) is 18.2 Å². The van der Waals surface area contributed by atoms with E-state index in [-0.39, 0.29) is 16.8 Å². The van der Waals surface area contributed by atoms with Crippen LogP contribution in [0.3, 0.4) is 0 Å². The second kappa shape index (κ2) is 6.73. The van der Waals surface area contributed by atoms with Crippen LogP contribution < -0.4 is 10.6 Å². The van der Waals surface area contributed by atoms with E-state index in [0.717, 1.165) is 0 Å². The minimum absolute atomic E-state index is 0.107. The largest absolute Gasteiger partial charge is 0.479 e. The summed E-state index contributed by atoms with van der Waals surface area (Å²) in [5.74, 6) is -1.45. The third-order valence-corrected chi connectivity index (χ3v) is 2.26. The predicted molar refractivity (Wildman–Crippen MR) is 66.5 cm³/mol. The lowest BCUT2D eigenvalue weighted by Gasteiger charge is -2.09. The van der Waals surface area contributed by atoms with Gasteiger partial charge in [0.1, 0.15) is 12.1 Å². The fraction of sp³-hybridized carbons (Fsp3) is 0.167. The summed E-state index contributed by atoms with van der Waals surface area (Å²) < 4.78 is 0. The predicted octanol–water partition coefficient (Wildman–Crippen LogP) is -0.00304. The molecular formula is C12H10N4O4. The molecule has 8 nitrogen and oxygen atoms in total. The molecule has 102 valence electrons. The lowest BCUT2D eigenvalue weighted by atomic mass is 10.1. The first-order valence-corrected chi connectivity index (χ1v) is 5.38. The highest BCUT2D eigenvalue weighted by Gasteiger charge is 2.14. The molecule has 0 fully saturated rings. The van der Waals surface area contributed by atoms with Crippen molar-refractivity contribution in [1.29, 1.82) is 10.5 Å². The van der Waals surface area contributed by atoms with Crippen LogP contribution >= 0.6 is 0 Å². The summed E-state index contributed by atoms with van der Waals surface area (Å²) in [6.07, 6.45) is -1.70. The first-order valence-electron chi connectivity index (χ1n) is 5.38. The van der Waals surface area contributed by atoms with Crippen LogP contribution in [0, 0.1) is 22.7 Å². The van der Waals surface area contributed by atoms with Crippen molar-refractivity contribution >= 4 is 17.7 Å². The molecule has 0 spiro atoms. The van der Waals surface area contributed by atoms with Gasteiger partial charge in [0.15, 0.2) is 6.10 Å². The van der Waals surface area contributed by atoms with Gasteiger partial charge in [0.05, 0.1) is 17.7 Å². The maximum absolute atomic E-state index is 11.4. The summed E-state index contributed by atoms with van der Waals surface area (Å²) in [6.45, 7) is -0.456. The molecule has 8 heteroatoms. The number of carboxylic acids is 1. The van der Waals surface area contributed by atoms with E-state index >= 15 is 0 Å². The standard InChI is InChI=1S/C12H10N4O4/c13-4-7-1-2-9(3-8(7)5-14)16-12(20)15-6-10(17)11(18)19/h1-3,10,17H,6H2,(H,18,19)(H2,15,16,20)/t10-/m0/s1. The molecule has 0 aliphatic heterocycles. The van der Waals surface area contributed by atoms with Crippen molar-refractivity contribution < 1.29 is 19.8 Å². The summed E-state index contributed by atoms with van der Waals surface area (Å²) in [4.78, 5) is 21.8. The van der Waals surface area contributed by atoms with Gasteiger partial charge >= 0.3 is 12.0 Å². The van der Waals surface area contributed by atoms with Gasteiger partial charge in [0, 0.05) is 5.69 Å². The molecule has 0 saturated heterocycles. The number of nitriles is 2. The molecule has 2 amide bonds. The molecule has 0 saturated carbocycles. The van der Waals surface area contributed by atoms with E-state index < -0.39 is 24.6 Å². The zero-order valence-corrected chi connectivity index (χ0v) is 10.1. The molecule has 0 heterocycles. The van der Waals surface area contributed by atoms with Crippen LogP contribution in [0.1, 0.15) is 11.1 Å². The molecule has 1 aromatic rings. The first-order chi connectivity index (χ1) is 9.47. The highest BCUT2D eigenvalue weighted by molar-refractivity contribution is 5.90. The van der Waals surface area contributed by atoms with Crippen LogP contribution in [0.5, 0.6) is 0 Å². The fourth-order valence-corrected chi connectivity index (χ4v) is 1.26. The number of nitrogens with one attached hydrogen (secondary N) is 2. The topological polar surface area (TPSA) is 146 Å². The molecule has 0 aliphatic carbocycles. The number of aliphatic hydroxyl groups is 1. The summed E-state index contributed by atoms with van der Waals surface area (Å²) in [7, 11) is 0. The maximum atomic E-state index is 11.4. The van der Waals surface area contributed by atoms with E-state index in [1.807, 2.05) is 12.1 Å². The molecular weight excluding hydrogens is 264 g/mol. The first kappa shape index (κ1) is 15.0. The summed E-state index contributed by atoms with van der Waals surface area (Å²) in [5.41, 5.74) is 0.554. The number of carboxylic acid groups (broad SMARTS) is 1. The number of aliphatic carboxylic acids is 1. The van der Waals surface area contributed by atoms with Gasteiger partial charge in [-0.1, -0.05) is 0 Å². The lowest BCUT2D eigenvalue weighted by molar-refractivity contribution is -0.146. The molecule has 0 unspecified atom stereocenters. The van der Waals surface area contributed by atoms with Gasteiger partial charge in [-0.2, -0.15) is 10.5 Å². The Morgan fingerprint density at radius 3 is 2.45 bits per heavy atom. The lowest BCUT2D eigenvalue weighted by Crippen LogP contribution is -2.38. The highest BCUT2D eigenvalue weighted by atomic mass is 16.4. The van der Waals surface area contributed by atoms with Gasteiger partial charge in [-0.3, -0.25) is 0 Å². The second-order valence-electron chi connectivity index (χ2n) is 3.67. The smallest absolute Gasteiger partial charge is 0.334 e. The molecule has 0 radical (unpaired) electrons. The SMILES string of the molecule is N#Cc1ccc(NC(=O)NC[C@H](O)C(=O)O)cc1C#N. The molecule has 0 bridgehead atoms. The number of carbonyl (C=O) groups is 2. The van der Waals surface area contributed by atoms with Crippen LogP contribution in [-0.2, 0) is 4.79 Å². The number of nitrogens with zero attached hydrogens (tertiary/aromatic N) is 2. The molecule has 1 atom stereocenters. The molecule has 4 N–H and O–H groups in total. The van der Waals surface area contributed by atoms with Gasteiger partial charge in [-0.25, -0.2) is 9.59 Å². The van der Waals surface area contributed by atoms with E-state index in [2.05, 4.69) is 10.6 Å². The van der Waals surface area contributed by atoms with Crippen LogP contribution in [-0.4, -0.2) is 34.9 Å². The van der Waals surface area contributed by atoms with Gasteiger partial charge in [0.2, 0.25) is 0 Å². The molecule has 1 aromatic carbocycles. The Morgan fingerprint density at radius 2 is 1.90 bits per heavy atom. The Labute approximate surface area is 113 Å². The van der Waals surface area contributed by atoms with Crippen LogP contribution in [0.15, 0.2) is 18.2 Å². The molecule has 20 heavy (non-hydrogen) atoms. The quantitative estimate of drug-likeness (QED) is 0.607. The maximum Gasteiger partial charge on any atom is 0.334 e. The number of rotatable bonds is 4. The van der Waals surface area contributed by atoms with Crippen molar-refractivity contribution in [3.8, 4) is 12.1 Å². The van der Waals surface area contributed by atoms with E-state index in [0.29, 0.717) is 0 Å². The van der Waals surface area contributed by atoms with Gasteiger partial charge in [-0.15, -0.1) is 0 Å². The third-order valence-electron chi connectivity index (χ3n) is 2.26. The monoisotopic (exact) mass is 274 g/mol. The van der Waals surface area contributed by atoms with Crippen LogP contribution in [0.25, 0.3) is 0 Å². The number of anilines is 1. The van der Waals surface area contributed by atoms with Gasteiger partial charge < -0.3 is 20.8 Å². The number of urea groups is 1. The number of amides is 2. The molecule has 0 aromatic heterocycles. The van der Waals surface area contributed by atoms with E-state index in [9.17, 15) is 9.59 Å². The Hall–Kier alpha value is -3.10. The Kier molecular flexibility index (Phi) is 5.03. The number of hydrogen-bond acceptors (Lipinski definition) is 5. The van der Waals surface area contributed by atoms with Crippen LogP contribution in [0.4, 0.5) is 10.5 Å². The number of aliphatic hydroxyl groups excluding tert-OH is 1. The van der Waals surface area contributed by atoms with Gasteiger partial charge in [0.25, 0.3) is 0 Å². The average molecular weight is 274 g/mol. The van der Waals surface area contributed by atoms with Crippen molar-refractivity contribution in [2.24, 2.45) is 0 Å². The van der Waals surface area contributed by atoms with E-state index in [1.54, 1.807) is 0 Å². The Bertz CT molecular complexity index is 615. The van der Waals surface area contributed by atoms with Crippen molar-refractivity contribution in [3.05, 3.63) is 29.3 Å². The summed E-state index contributed by atoms with van der Waals surface area (Å²) >= 11 is 0. The van der Waals surface area contributed by atoms with Crippen molar-refractivity contribution in [3.63, 3.8) is 0 Å². The number of benzene rings is 1. The summed E-state index contributed by atoms with van der Waals surface area (Å²) in [5, 5.41) is 39.4. The average Bonchev–Trinajstić information content (AvgIpc) is 2.44. The normalized spacial score (nSPS) is 10.8. The second-order valence-corrected chi connectivity index (χ2v) is 3.67. The third kappa shape index (κ3) is 3.98. The molecule has 1 rings (SSSR count). The fourth-order valence-electron chi connectivity index (χ4n) is 1.26. The summed E-state index contributed by atoms with van der Waals surface area (Å²) in [6, 6.07) is 7.02. The van der Waals surface area contributed by atoms with Crippen molar-refractivity contribution in [2.45, 2.75) is 6.10 Å². The molecule has 0 aliphatic rings.